The summed E-state index contributed by atoms with van der Waals surface area (Å²) in [7, 11) is -3.44. The predicted molar refractivity (Wildman–Crippen MR) is 94.7 cm³/mol. The first-order chi connectivity index (χ1) is 10.9. The van der Waals surface area contributed by atoms with Crippen LogP contribution in [-0.4, -0.2) is 18.6 Å². The summed E-state index contributed by atoms with van der Waals surface area (Å²) in [6.45, 7) is 13.6. The number of hydrogen-bond acceptors (Lipinski definition) is 5. The molecule has 0 N–H and O–H groups in total. The molecule has 1 atom stereocenters. The van der Waals surface area contributed by atoms with Gasteiger partial charge < -0.3 is 4.42 Å². The van der Waals surface area contributed by atoms with Crippen LogP contribution in [0.1, 0.15) is 67.0 Å². The van der Waals surface area contributed by atoms with E-state index in [0.717, 1.165) is 16.7 Å². The molecule has 1 heterocycles. The lowest BCUT2D eigenvalue weighted by atomic mass is 9.84. The van der Waals surface area contributed by atoms with E-state index >= 15 is 0 Å². The van der Waals surface area contributed by atoms with Crippen molar-refractivity contribution in [1.82, 2.24) is 10.2 Å². The van der Waals surface area contributed by atoms with Crippen LogP contribution in [0.4, 0.5) is 0 Å². The van der Waals surface area contributed by atoms with E-state index in [2.05, 4.69) is 43.1 Å². The monoisotopic (exact) mass is 350 g/mol. The fraction of sp³-hybridized carbons (Fsp3) is 0.556. The van der Waals surface area contributed by atoms with E-state index in [9.17, 15) is 8.42 Å². The third-order valence-corrected chi connectivity index (χ3v) is 6.31. The van der Waals surface area contributed by atoms with Crippen LogP contribution >= 0.6 is 0 Å². The number of sulfone groups is 1. The van der Waals surface area contributed by atoms with Gasteiger partial charge in [-0.15, -0.1) is 10.2 Å². The van der Waals surface area contributed by atoms with Crippen molar-refractivity contribution in [3.05, 3.63) is 46.2 Å². The molecule has 1 aromatic carbocycles. The van der Waals surface area contributed by atoms with E-state index in [-0.39, 0.29) is 17.1 Å². The lowest BCUT2D eigenvalue weighted by Crippen LogP contribution is -2.16. The van der Waals surface area contributed by atoms with Crippen molar-refractivity contribution in [2.24, 2.45) is 0 Å². The quantitative estimate of drug-likeness (QED) is 0.834. The van der Waals surface area contributed by atoms with Crippen LogP contribution in [0.3, 0.4) is 0 Å². The summed E-state index contributed by atoms with van der Waals surface area (Å²) in [5.74, 6) is 0.487. The predicted octanol–water partition coefficient (Wildman–Crippen LogP) is 3.97. The number of benzene rings is 1. The molecule has 24 heavy (non-hydrogen) atoms. The average molecular weight is 350 g/mol. The van der Waals surface area contributed by atoms with Crippen molar-refractivity contribution in [2.75, 3.05) is 0 Å². The summed E-state index contributed by atoms with van der Waals surface area (Å²) in [5.41, 5.74) is 4.08. The van der Waals surface area contributed by atoms with Crippen molar-refractivity contribution < 1.29 is 12.8 Å². The fourth-order valence-corrected chi connectivity index (χ4v) is 4.12. The van der Waals surface area contributed by atoms with Crippen LogP contribution in [0.5, 0.6) is 0 Å². The van der Waals surface area contributed by atoms with Gasteiger partial charge in [-0.05, 0) is 48.4 Å². The first-order valence-electron chi connectivity index (χ1n) is 8.04. The van der Waals surface area contributed by atoms with Crippen LogP contribution < -0.4 is 0 Å². The third-order valence-electron chi connectivity index (χ3n) is 4.34. The number of aryl methyl sites for hydroxylation is 3. The minimum atomic E-state index is -3.44. The Labute approximate surface area is 144 Å². The molecule has 5 nitrogen and oxygen atoms in total. The molecule has 0 aliphatic heterocycles. The Bertz CT molecular complexity index is 822. The van der Waals surface area contributed by atoms with E-state index in [1.807, 2.05) is 13.8 Å². The lowest BCUT2D eigenvalue weighted by Gasteiger charge is -2.22. The summed E-state index contributed by atoms with van der Waals surface area (Å²) in [5, 5.41) is 6.75. The summed E-state index contributed by atoms with van der Waals surface area (Å²) in [6.07, 6.45) is 0. The minimum Gasteiger partial charge on any atom is -0.424 e. The molecule has 0 saturated carbocycles. The minimum absolute atomic E-state index is 0.0293. The number of nitrogens with zero attached hydrogens (tertiary/aromatic N) is 2. The second kappa shape index (κ2) is 6.31. The van der Waals surface area contributed by atoms with Gasteiger partial charge in [0.05, 0.1) is 5.75 Å². The third kappa shape index (κ3) is 3.86. The smallest absolute Gasteiger partial charge is 0.234 e. The van der Waals surface area contributed by atoms with Crippen molar-refractivity contribution in [2.45, 2.75) is 64.9 Å². The van der Waals surface area contributed by atoms with Crippen molar-refractivity contribution >= 4 is 9.84 Å². The molecule has 0 saturated heterocycles. The van der Waals surface area contributed by atoms with Gasteiger partial charge in [0, 0.05) is 6.92 Å². The highest BCUT2D eigenvalue weighted by Gasteiger charge is 2.29. The lowest BCUT2D eigenvalue weighted by molar-refractivity contribution is 0.461. The Balaban J connectivity index is 2.36. The molecule has 0 bridgehead atoms. The van der Waals surface area contributed by atoms with E-state index < -0.39 is 15.1 Å². The van der Waals surface area contributed by atoms with Crippen LogP contribution in [-0.2, 0) is 21.0 Å². The van der Waals surface area contributed by atoms with Gasteiger partial charge in [-0.2, -0.15) is 0 Å². The molecule has 132 valence electrons. The molecule has 2 rings (SSSR count). The van der Waals surface area contributed by atoms with Crippen molar-refractivity contribution in [3.63, 3.8) is 0 Å². The number of aromatic nitrogens is 2. The van der Waals surface area contributed by atoms with Crippen molar-refractivity contribution in [3.8, 4) is 0 Å². The van der Waals surface area contributed by atoms with E-state index in [1.165, 1.54) is 5.56 Å². The molecule has 0 spiro atoms. The average Bonchev–Trinajstić information content (AvgIpc) is 2.87. The molecule has 0 amide bonds. The molecular weight excluding hydrogens is 324 g/mol. The van der Waals surface area contributed by atoms with Crippen molar-refractivity contribution in [1.29, 1.82) is 0 Å². The SMILES string of the molecule is Cc1nnc(C(C)S(=O)(=O)Cc2c(C)cc(C(C)(C)C)cc2C)o1. The van der Waals surface area contributed by atoms with E-state index in [0.29, 0.717) is 5.89 Å². The largest absolute Gasteiger partial charge is 0.424 e. The van der Waals surface area contributed by atoms with Gasteiger partial charge in [0.15, 0.2) is 9.84 Å². The van der Waals surface area contributed by atoms with E-state index in [4.69, 9.17) is 4.42 Å². The zero-order chi connectivity index (χ0) is 18.3. The maximum Gasteiger partial charge on any atom is 0.234 e. The zero-order valence-corrected chi connectivity index (χ0v) is 16.3. The molecule has 1 aromatic heterocycles. The number of hydrogen-bond donors (Lipinski definition) is 0. The highest BCUT2D eigenvalue weighted by Crippen LogP contribution is 2.30. The second-order valence-corrected chi connectivity index (χ2v) is 9.77. The Morgan fingerprint density at radius 2 is 1.62 bits per heavy atom. The first-order valence-corrected chi connectivity index (χ1v) is 9.75. The number of rotatable bonds is 4. The van der Waals surface area contributed by atoms with E-state index in [1.54, 1.807) is 13.8 Å². The Morgan fingerprint density at radius 1 is 1.08 bits per heavy atom. The highest BCUT2D eigenvalue weighted by molar-refractivity contribution is 7.90. The van der Waals surface area contributed by atoms with Crippen LogP contribution in [0.2, 0.25) is 0 Å². The fourth-order valence-electron chi connectivity index (χ4n) is 2.61. The molecule has 0 fully saturated rings. The van der Waals surface area contributed by atoms with Crippen LogP contribution in [0.15, 0.2) is 16.5 Å². The molecule has 0 aliphatic carbocycles. The Hall–Kier alpha value is -1.69. The van der Waals surface area contributed by atoms with Gasteiger partial charge in [-0.1, -0.05) is 32.9 Å². The zero-order valence-electron chi connectivity index (χ0n) is 15.5. The van der Waals surface area contributed by atoms with Gasteiger partial charge in [-0.3, -0.25) is 0 Å². The summed E-state index contributed by atoms with van der Waals surface area (Å²) in [4.78, 5) is 0. The van der Waals surface area contributed by atoms with Crippen LogP contribution in [0.25, 0.3) is 0 Å². The van der Waals surface area contributed by atoms with Gasteiger partial charge in [0.2, 0.25) is 11.8 Å². The maximum atomic E-state index is 12.8. The van der Waals surface area contributed by atoms with Gasteiger partial charge in [0.1, 0.15) is 5.25 Å². The standard InChI is InChI=1S/C18H26N2O3S/c1-11-8-15(18(5,6)7)9-12(2)16(11)10-24(21,22)13(3)17-20-19-14(4)23-17/h8-9,13H,10H2,1-7H3. The molecule has 6 heteroatoms. The first kappa shape index (κ1) is 18.6. The Kier molecular flexibility index (Phi) is 4.91. The summed E-state index contributed by atoms with van der Waals surface area (Å²) in [6, 6.07) is 4.17. The van der Waals surface area contributed by atoms with Gasteiger partial charge in [0.25, 0.3) is 0 Å². The maximum absolute atomic E-state index is 12.8. The topological polar surface area (TPSA) is 73.1 Å². The highest BCUT2D eigenvalue weighted by atomic mass is 32.2. The molecule has 0 radical (unpaired) electrons. The molecule has 1 unspecified atom stereocenters. The Morgan fingerprint density at radius 3 is 2.04 bits per heavy atom. The summed E-state index contributed by atoms with van der Waals surface area (Å²) >= 11 is 0. The molecular formula is C18H26N2O3S. The van der Waals surface area contributed by atoms with Gasteiger partial charge in [-0.25, -0.2) is 8.42 Å². The molecule has 0 aliphatic rings. The van der Waals surface area contributed by atoms with Crippen LogP contribution in [0, 0.1) is 20.8 Å². The van der Waals surface area contributed by atoms with Gasteiger partial charge >= 0.3 is 0 Å². The second-order valence-electron chi connectivity index (χ2n) is 7.45. The normalized spacial score (nSPS) is 14.0. The summed E-state index contributed by atoms with van der Waals surface area (Å²) < 4.78 is 30.8. The molecule has 2 aromatic rings.